The zero-order chi connectivity index (χ0) is 17.1. The molecule has 0 aliphatic carbocycles. The summed E-state index contributed by atoms with van der Waals surface area (Å²) in [6, 6.07) is 1.96. The summed E-state index contributed by atoms with van der Waals surface area (Å²) in [7, 11) is 2.10. The van der Waals surface area contributed by atoms with Gasteiger partial charge in [-0.1, -0.05) is 13.8 Å². The molecule has 0 saturated carbocycles. The van der Waals surface area contributed by atoms with Gasteiger partial charge in [0.25, 0.3) is 5.91 Å². The molecule has 2 aromatic heterocycles. The zero-order valence-corrected chi connectivity index (χ0v) is 14.6. The monoisotopic (exact) mass is 330 g/mol. The van der Waals surface area contributed by atoms with E-state index in [1.165, 1.54) is 0 Å². The van der Waals surface area contributed by atoms with Gasteiger partial charge in [-0.15, -0.1) is 0 Å². The maximum absolute atomic E-state index is 12.6. The predicted molar refractivity (Wildman–Crippen MR) is 91.5 cm³/mol. The second kappa shape index (κ2) is 7.17. The lowest BCUT2D eigenvalue weighted by Gasteiger charge is -2.22. The molecule has 1 amide bonds. The first-order valence-electron chi connectivity index (χ1n) is 8.55. The number of nitrogens with zero attached hydrogens (tertiary/aromatic N) is 5. The molecule has 1 aliphatic heterocycles. The number of hydrogen-bond acceptors (Lipinski definition) is 4. The molecule has 7 heteroatoms. The van der Waals surface area contributed by atoms with Crippen LogP contribution in [0.4, 0.5) is 0 Å². The molecule has 1 atom stereocenters. The summed E-state index contributed by atoms with van der Waals surface area (Å²) in [5.41, 5.74) is 1.62. The Balaban J connectivity index is 1.70. The molecule has 0 bridgehead atoms. The van der Waals surface area contributed by atoms with Crippen molar-refractivity contribution in [3.8, 4) is 0 Å². The van der Waals surface area contributed by atoms with Gasteiger partial charge >= 0.3 is 0 Å². The number of rotatable bonds is 5. The van der Waals surface area contributed by atoms with Crippen LogP contribution in [-0.2, 0) is 19.6 Å². The van der Waals surface area contributed by atoms with Crippen LogP contribution >= 0.6 is 0 Å². The molecule has 3 rings (SSSR count). The number of hydrogen-bond donors (Lipinski definition) is 1. The van der Waals surface area contributed by atoms with Crippen molar-refractivity contribution in [2.24, 2.45) is 5.92 Å². The standard InChI is InChI=1S/C17H26N6O/c1-13(2)16(11-22-8-5-18-12-22)19-17(24)15-9-14-10-21(3)6-4-7-23(14)20-15/h5,8-9,12-13,16H,4,6-7,10-11H2,1-3H3,(H,19,24)/t16-/m0/s1. The van der Waals surface area contributed by atoms with Crippen LogP contribution in [0, 0.1) is 5.92 Å². The summed E-state index contributed by atoms with van der Waals surface area (Å²) in [5.74, 6) is 0.222. The third-order valence-electron chi connectivity index (χ3n) is 4.53. The predicted octanol–water partition coefficient (Wildman–Crippen LogP) is 1.37. The molecule has 3 heterocycles. The zero-order valence-electron chi connectivity index (χ0n) is 14.6. The minimum absolute atomic E-state index is 0.0379. The minimum atomic E-state index is -0.1000. The Labute approximate surface area is 142 Å². The quantitative estimate of drug-likeness (QED) is 0.899. The number of carbonyl (C=O) groups is 1. The maximum Gasteiger partial charge on any atom is 0.272 e. The lowest BCUT2D eigenvalue weighted by molar-refractivity contribution is 0.0914. The van der Waals surface area contributed by atoms with Gasteiger partial charge in [-0.2, -0.15) is 5.10 Å². The van der Waals surface area contributed by atoms with E-state index in [1.807, 2.05) is 21.5 Å². The van der Waals surface area contributed by atoms with Crippen molar-refractivity contribution in [3.05, 3.63) is 36.2 Å². The molecular formula is C17H26N6O. The Hall–Kier alpha value is -2.15. The molecule has 130 valence electrons. The summed E-state index contributed by atoms with van der Waals surface area (Å²) < 4.78 is 3.96. The fraction of sp³-hybridized carbons (Fsp3) is 0.588. The molecule has 2 aromatic rings. The molecule has 0 radical (unpaired) electrons. The van der Waals surface area contributed by atoms with Gasteiger partial charge in [0, 0.05) is 44.6 Å². The average molecular weight is 330 g/mol. The third kappa shape index (κ3) is 3.84. The number of nitrogens with one attached hydrogen (secondary N) is 1. The van der Waals surface area contributed by atoms with Gasteiger partial charge in [0.05, 0.1) is 12.0 Å². The lowest BCUT2D eigenvalue weighted by atomic mass is 10.0. The second-order valence-corrected chi connectivity index (χ2v) is 6.92. The molecule has 0 saturated heterocycles. The molecule has 1 aliphatic rings. The SMILES string of the molecule is CC(C)[C@H](Cn1ccnc1)NC(=O)c1cc2n(n1)CCCN(C)C2. The Morgan fingerprint density at radius 2 is 2.21 bits per heavy atom. The van der Waals surface area contributed by atoms with E-state index in [2.05, 4.69) is 41.2 Å². The van der Waals surface area contributed by atoms with Crippen LogP contribution in [0.25, 0.3) is 0 Å². The molecule has 0 spiro atoms. The van der Waals surface area contributed by atoms with Crippen molar-refractivity contribution in [3.63, 3.8) is 0 Å². The van der Waals surface area contributed by atoms with Crippen LogP contribution in [0.1, 0.15) is 36.5 Å². The van der Waals surface area contributed by atoms with E-state index in [0.717, 1.165) is 31.7 Å². The molecular weight excluding hydrogens is 304 g/mol. The van der Waals surface area contributed by atoms with Gasteiger partial charge in [0.15, 0.2) is 5.69 Å². The average Bonchev–Trinajstić information content (AvgIpc) is 3.14. The smallest absolute Gasteiger partial charge is 0.272 e. The number of imidazole rings is 1. The van der Waals surface area contributed by atoms with Crippen LogP contribution in [0.5, 0.6) is 0 Å². The van der Waals surface area contributed by atoms with E-state index >= 15 is 0 Å². The largest absolute Gasteiger partial charge is 0.346 e. The molecule has 24 heavy (non-hydrogen) atoms. The number of aromatic nitrogens is 4. The lowest BCUT2D eigenvalue weighted by Crippen LogP contribution is -2.41. The molecule has 1 N–H and O–H groups in total. The topological polar surface area (TPSA) is 68.0 Å². The molecule has 0 unspecified atom stereocenters. The van der Waals surface area contributed by atoms with Gasteiger partial charge < -0.3 is 14.8 Å². The van der Waals surface area contributed by atoms with Gasteiger partial charge in [-0.3, -0.25) is 9.48 Å². The van der Waals surface area contributed by atoms with Crippen molar-refractivity contribution in [1.82, 2.24) is 29.5 Å². The van der Waals surface area contributed by atoms with Gasteiger partial charge in [-0.05, 0) is 25.5 Å². The van der Waals surface area contributed by atoms with Crippen molar-refractivity contribution < 1.29 is 4.79 Å². The fourth-order valence-corrected chi connectivity index (χ4v) is 3.02. The highest BCUT2D eigenvalue weighted by Gasteiger charge is 2.22. The van der Waals surface area contributed by atoms with Crippen LogP contribution in [0.2, 0.25) is 0 Å². The highest BCUT2D eigenvalue weighted by atomic mass is 16.2. The third-order valence-corrected chi connectivity index (χ3v) is 4.53. The van der Waals surface area contributed by atoms with E-state index in [1.54, 1.807) is 12.5 Å². The van der Waals surface area contributed by atoms with Gasteiger partial charge in [0.1, 0.15) is 0 Å². The summed E-state index contributed by atoms with van der Waals surface area (Å²) in [6.07, 6.45) is 6.50. The molecule has 7 nitrogen and oxygen atoms in total. The van der Waals surface area contributed by atoms with E-state index in [9.17, 15) is 4.79 Å². The number of fused-ring (bicyclic) bond motifs is 1. The Morgan fingerprint density at radius 1 is 1.38 bits per heavy atom. The van der Waals surface area contributed by atoms with Crippen molar-refractivity contribution >= 4 is 5.91 Å². The summed E-state index contributed by atoms with van der Waals surface area (Å²) in [6.45, 7) is 7.70. The van der Waals surface area contributed by atoms with Crippen LogP contribution < -0.4 is 5.32 Å². The van der Waals surface area contributed by atoms with Crippen LogP contribution in [-0.4, -0.2) is 49.8 Å². The number of amides is 1. The second-order valence-electron chi connectivity index (χ2n) is 6.92. The summed E-state index contributed by atoms with van der Waals surface area (Å²) in [5, 5.41) is 7.64. The van der Waals surface area contributed by atoms with E-state index in [0.29, 0.717) is 18.2 Å². The Bertz CT molecular complexity index is 675. The van der Waals surface area contributed by atoms with Crippen LogP contribution in [0.3, 0.4) is 0 Å². The highest BCUT2D eigenvalue weighted by Crippen LogP contribution is 2.13. The van der Waals surface area contributed by atoms with Gasteiger partial charge in [-0.25, -0.2) is 4.98 Å². The van der Waals surface area contributed by atoms with E-state index in [-0.39, 0.29) is 11.9 Å². The van der Waals surface area contributed by atoms with Crippen molar-refractivity contribution in [1.29, 1.82) is 0 Å². The first kappa shape index (κ1) is 16.7. The molecule has 0 aromatic carbocycles. The number of aryl methyl sites for hydroxylation is 1. The van der Waals surface area contributed by atoms with Crippen molar-refractivity contribution in [2.45, 2.75) is 45.9 Å². The molecule has 0 fully saturated rings. The van der Waals surface area contributed by atoms with Crippen LogP contribution in [0.15, 0.2) is 24.8 Å². The maximum atomic E-state index is 12.6. The van der Waals surface area contributed by atoms with Crippen molar-refractivity contribution in [2.75, 3.05) is 13.6 Å². The Kier molecular flexibility index (Phi) is 4.99. The fourth-order valence-electron chi connectivity index (χ4n) is 3.02. The first-order chi connectivity index (χ1) is 11.5. The summed E-state index contributed by atoms with van der Waals surface area (Å²) >= 11 is 0. The normalized spacial score (nSPS) is 16.7. The minimum Gasteiger partial charge on any atom is -0.346 e. The number of carbonyl (C=O) groups excluding carboxylic acids is 1. The summed E-state index contributed by atoms with van der Waals surface area (Å²) in [4.78, 5) is 19.0. The van der Waals surface area contributed by atoms with Gasteiger partial charge in [0.2, 0.25) is 0 Å². The highest BCUT2D eigenvalue weighted by molar-refractivity contribution is 5.92. The van der Waals surface area contributed by atoms with E-state index < -0.39 is 0 Å². The first-order valence-corrected chi connectivity index (χ1v) is 8.55. The Morgan fingerprint density at radius 3 is 2.92 bits per heavy atom. The van der Waals surface area contributed by atoms with E-state index in [4.69, 9.17) is 0 Å².